The van der Waals surface area contributed by atoms with E-state index in [-0.39, 0.29) is 5.97 Å². The zero-order chi connectivity index (χ0) is 13.0. The molecule has 0 saturated heterocycles. The smallest absolute Gasteiger partial charge is 0.347 e. The first kappa shape index (κ1) is 13.1. The average molecular weight is 352 g/mol. The fraction of sp³-hybridized carbons (Fsp3) is 0.133. The van der Waals surface area contributed by atoms with E-state index in [1.165, 1.54) is 5.56 Å². The Morgan fingerprint density at radius 1 is 1.00 bits per heavy atom. The third-order valence-corrected chi connectivity index (χ3v) is 3.29. The molecule has 0 heterocycles. The predicted octanol–water partition coefficient (Wildman–Crippen LogP) is 4.42. The van der Waals surface area contributed by atoms with Crippen LogP contribution in [0.5, 0.6) is 0 Å². The van der Waals surface area contributed by atoms with Crippen LogP contribution in [0, 0.1) is 0 Å². The van der Waals surface area contributed by atoms with Crippen molar-refractivity contribution in [3.05, 3.63) is 59.7 Å². The van der Waals surface area contributed by atoms with Gasteiger partial charge in [0.25, 0.3) is 0 Å². The second kappa shape index (κ2) is 6.00. The Labute approximate surface area is 121 Å². The molecule has 0 unspecified atom stereocenters. The summed E-state index contributed by atoms with van der Waals surface area (Å²) in [7, 11) is 0. The Hall–Kier alpha value is -1.36. The van der Waals surface area contributed by atoms with E-state index in [0.29, 0.717) is 5.56 Å². The van der Waals surface area contributed by atoms with E-state index in [0.717, 1.165) is 17.5 Å². The standard InChI is InChI=1S/C15H13IO2/c1-2-11-3-5-12(6-4-11)13-7-9-14(10-8-13)15(17)18-16/h3-10H,2H2,1H3. The van der Waals surface area contributed by atoms with Gasteiger partial charge < -0.3 is 3.07 Å². The monoisotopic (exact) mass is 352 g/mol. The number of carbonyl (C=O) groups excluding carboxylic acids is 1. The van der Waals surface area contributed by atoms with Crippen molar-refractivity contribution in [2.75, 3.05) is 0 Å². The maximum atomic E-state index is 11.3. The minimum absolute atomic E-state index is 0.316. The molecular weight excluding hydrogens is 339 g/mol. The first-order valence-electron chi connectivity index (χ1n) is 5.77. The highest BCUT2D eigenvalue weighted by atomic mass is 127. The lowest BCUT2D eigenvalue weighted by Crippen LogP contribution is -1.96. The van der Waals surface area contributed by atoms with Gasteiger partial charge in [0.2, 0.25) is 0 Å². The van der Waals surface area contributed by atoms with Crippen LogP contribution in [0.2, 0.25) is 0 Å². The second-order valence-electron chi connectivity index (χ2n) is 3.99. The number of hydrogen-bond acceptors (Lipinski definition) is 2. The number of hydrogen-bond donors (Lipinski definition) is 0. The number of benzene rings is 2. The number of halogens is 1. The van der Waals surface area contributed by atoms with Gasteiger partial charge in [-0.3, -0.25) is 0 Å². The molecule has 2 aromatic rings. The van der Waals surface area contributed by atoms with Crippen LogP contribution in [0.1, 0.15) is 22.8 Å². The molecule has 2 aromatic carbocycles. The Bertz CT molecular complexity index is 529. The molecule has 18 heavy (non-hydrogen) atoms. The van der Waals surface area contributed by atoms with Crippen molar-refractivity contribution < 1.29 is 7.86 Å². The van der Waals surface area contributed by atoms with Gasteiger partial charge >= 0.3 is 5.97 Å². The number of rotatable bonds is 3. The molecule has 0 aliphatic rings. The van der Waals surface area contributed by atoms with Crippen LogP contribution in [-0.4, -0.2) is 5.97 Å². The van der Waals surface area contributed by atoms with Gasteiger partial charge in [-0.1, -0.05) is 43.3 Å². The predicted molar refractivity (Wildman–Crippen MR) is 80.7 cm³/mol. The molecule has 0 aliphatic carbocycles. The van der Waals surface area contributed by atoms with Crippen molar-refractivity contribution in [3.8, 4) is 11.1 Å². The van der Waals surface area contributed by atoms with Crippen LogP contribution in [-0.2, 0) is 9.49 Å². The highest BCUT2D eigenvalue weighted by Crippen LogP contribution is 2.21. The largest absolute Gasteiger partial charge is 0.391 e. The summed E-state index contributed by atoms with van der Waals surface area (Å²) in [6.45, 7) is 2.14. The molecule has 0 bridgehead atoms. The zero-order valence-electron chi connectivity index (χ0n) is 10.0. The van der Waals surface area contributed by atoms with Gasteiger partial charge in [-0.05, 0) is 35.2 Å². The minimum Gasteiger partial charge on any atom is -0.391 e. The SMILES string of the molecule is CCc1ccc(-c2ccc(C(=O)OI)cc2)cc1. The summed E-state index contributed by atoms with van der Waals surface area (Å²) in [6, 6.07) is 15.9. The lowest BCUT2D eigenvalue weighted by atomic mass is 10.0. The maximum absolute atomic E-state index is 11.3. The van der Waals surface area contributed by atoms with E-state index in [1.54, 1.807) is 35.1 Å². The Morgan fingerprint density at radius 3 is 1.94 bits per heavy atom. The molecule has 0 atom stereocenters. The first-order chi connectivity index (χ1) is 8.74. The number of carbonyl (C=O) groups is 1. The van der Waals surface area contributed by atoms with E-state index in [9.17, 15) is 4.79 Å². The fourth-order valence-electron chi connectivity index (χ4n) is 1.78. The van der Waals surface area contributed by atoms with Gasteiger partial charge in [-0.2, -0.15) is 0 Å². The Kier molecular flexibility index (Phi) is 4.36. The summed E-state index contributed by atoms with van der Waals surface area (Å²) in [5.41, 5.74) is 4.14. The lowest BCUT2D eigenvalue weighted by Gasteiger charge is -2.04. The normalized spacial score (nSPS) is 10.1. The molecule has 0 saturated carbocycles. The molecule has 3 heteroatoms. The highest BCUT2D eigenvalue weighted by Gasteiger charge is 2.05. The number of aryl methyl sites for hydroxylation is 1. The summed E-state index contributed by atoms with van der Waals surface area (Å²) >= 11 is 1.60. The highest BCUT2D eigenvalue weighted by molar-refractivity contribution is 14.1. The topological polar surface area (TPSA) is 26.3 Å². The molecule has 92 valence electrons. The van der Waals surface area contributed by atoms with Crippen LogP contribution < -0.4 is 0 Å². The second-order valence-corrected chi connectivity index (χ2v) is 4.43. The molecule has 2 nitrogen and oxygen atoms in total. The van der Waals surface area contributed by atoms with Gasteiger partial charge in [-0.15, -0.1) is 0 Å². The maximum Gasteiger partial charge on any atom is 0.347 e. The summed E-state index contributed by atoms with van der Waals surface area (Å²) < 4.78 is 4.64. The zero-order valence-corrected chi connectivity index (χ0v) is 12.2. The third-order valence-electron chi connectivity index (χ3n) is 2.89. The Balaban J connectivity index is 2.25. The van der Waals surface area contributed by atoms with Crippen molar-refractivity contribution in [3.63, 3.8) is 0 Å². The summed E-state index contributed by atoms with van der Waals surface area (Å²) in [5.74, 6) is -0.316. The molecule has 0 amide bonds. The molecular formula is C15H13IO2. The van der Waals surface area contributed by atoms with Gasteiger partial charge in [0.15, 0.2) is 23.0 Å². The summed E-state index contributed by atoms with van der Waals surface area (Å²) in [4.78, 5) is 11.3. The fourth-order valence-corrected chi connectivity index (χ4v) is 2.03. The minimum atomic E-state index is -0.316. The van der Waals surface area contributed by atoms with E-state index in [1.807, 2.05) is 12.1 Å². The van der Waals surface area contributed by atoms with Gasteiger partial charge in [0, 0.05) is 0 Å². The van der Waals surface area contributed by atoms with E-state index in [2.05, 4.69) is 34.3 Å². The molecule has 0 aliphatic heterocycles. The molecule has 0 N–H and O–H groups in total. The van der Waals surface area contributed by atoms with Crippen molar-refractivity contribution in [2.45, 2.75) is 13.3 Å². The third kappa shape index (κ3) is 2.90. The van der Waals surface area contributed by atoms with Crippen LogP contribution >= 0.6 is 23.0 Å². The summed E-state index contributed by atoms with van der Waals surface area (Å²) in [5, 5.41) is 0. The quantitative estimate of drug-likeness (QED) is 0.765. The molecule has 0 fully saturated rings. The van der Waals surface area contributed by atoms with Crippen LogP contribution in [0.25, 0.3) is 11.1 Å². The molecule has 0 radical (unpaired) electrons. The lowest BCUT2D eigenvalue weighted by molar-refractivity contribution is 0.0800. The Morgan fingerprint density at radius 2 is 1.50 bits per heavy atom. The molecule has 0 aromatic heterocycles. The first-order valence-corrected chi connectivity index (χ1v) is 6.65. The van der Waals surface area contributed by atoms with Gasteiger partial charge in [-0.25, -0.2) is 4.79 Å². The van der Waals surface area contributed by atoms with Crippen LogP contribution in [0.15, 0.2) is 48.5 Å². The van der Waals surface area contributed by atoms with Gasteiger partial charge in [0.05, 0.1) is 5.56 Å². The van der Waals surface area contributed by atoms with Crippen molar-refractivity contribution >= 4 is 29.0 Å². The van der Waals surface area contributed by atoms with E-state index in [4.69, 9.17) is 0 Å². The van der Waals surface area contributed by atoms with E-state index >= 15 is 0 Å². The summed E-state index contributed by atoms with van der Waals surface area (Å²) in [6.07, 6.45) is 1.04. The average Bonchev–Trinajstić information content (AvgIpc) is 2.47. The van der Waals surface area contributed by atoms with Crippen molar-refractivity contribution in [1.82, 2.24) is 0 Å². The van der Waals surface area contributed by atoms with Crippen LogP contribution in [0.3, 0.4) is 0 Å². The molecule has 2 rings (SSSR count). The van der Waals surface area contributed by atoms with Crippen molar-refractivity contribution in [1.29, 1.82) is 0 Å². The van der Waals surface area contributed by atoms with Gasteiger partial charge in [0.1, 0.15) is 0 Å². The van der Waals surface area contributed by atoms with Crippen molar-refractivity contribution in [2.24, 2.45) is 0 Å². The van der Waals surface area contributed by atoms with Crippen LogP contribution in [0.4, 0.5) is 0 Å². The molecule has 0 spiro atoms. The van der Waals surface area contributed by atoms with E-state index < -0.39 is 0 Å².